The summed E-state index contributed by atoms with van der Waals surface area (Å²) in [6.07, 6.45) is 0. The number of hydrogen-bond acceptors (Lipinski definition) is 4. The minimum Gasteiger partial charge on any atom is -0.366 e. The molecule has 1 aromatic rings. The van der Waals surface area contributed by atoms with Crippen LogP contribution in [0.5, 0.6) is 0 Å². The third kappa shape index (κ3) is 5.42. The highest BCUT2D eigenvalue weighted by molar-refractivity contribution is 6.19. The molecule has 0 saturated heterocycles. The monoisotopic (exact) mass is 474 g/mol. The molecule has 4 amide bonds. The fourth-order valence-electron chi connectivity index (χ4n) is 4.93. The Balaban J connectivity index is 4.73. The molecular formula is C26H42N4O4. The first-order valence-corrected chi connectivity index (χ1v) is 11.4. The highest BCUT2D eigenvalue weighted by Crippen LogP contribution is 2.43. The average molecular weight is 475 g/mol. The molecule has 0 saturated carbocycles. The van der Waals surface area contributed by atoms with E-state index in [1.54, 1.807) is 4.90 Å². The maximum atomic E-state index is 14.4. The van der Waals surface area contributed by atoms with Crippen molar-refractivity contribution in [2.75, 3.05) is 0 Å². The minimum atomic E-state index is -1.05. The second-order valence-electron chi connectivity index (χ2n) is 12.8. The van der Waals surface area contributed by atoms with Crippen molar-refractivity contribution in [2.24, 2.45) is 17.2 Å². The summed E-state index contributed by atoms with van der Waals surface area (Å²) in [6.45, 7) is 22.4. The van der Waals surface area contributed by atoms with Gasteiger partial charge in [-0.1, -0.05) is 41.5 Å². The zero-order valence-corrected chi connectivity index (χ0v) is 22.8. The Morgan fingerprint density at radius 1 is 0.500 bits per heavy atom. The van der Waals surface area contributed by atoms with E-state index in [-0.39, 0.29) is 16.7 Å². The molecule has 0 radical (unpaired) electrons. The van der Waals surface area contributed by atoms with Crippen LogP contribution in [0.15, 0.2) is 0 Å². The second-order valence-corrected chi connectivity index (χ2v) is 12.8. The van der Waals surface area contributed by atoms with Gasteiger partial charge in [-0.05, 0) is 63.5 Å². The number of benzene rings is 1. The van der Waals surface area contributed by atoms with Crippen molar-refractivity contribution >= 4 is 23.6 Å². The Hall–Kier alpha value is -2.90. The van der Waals surface area contributed by atoms with Crippen LogP contribution in [0.2, 0.25) is 0 Å². The first kappa shape index (κ1) is 29.1. The van der Waals surface area contributed by atoms with Gasteiger partial charge in [0.15, 0.2) is 0 Å². The second kappa shape index (κ2) is 8.71. The lowest BCUT2D eigenvalue weighted by Gasteiger charge is -2.47. The first-order chi connectivity index (χ1) is 14.9. The summed E-state index contributed by atoms with van der Waals surface area (Å²) in [7, 11) is 0. The summed E-state index contributed by atoms with van der Waals surface area (Å²) in [6, 6.07) is 0. The Kier molecular flexibility index (Phi) is 7.46. The van der Waals surface area contributed by atoms with E-state index in [2.05, 4.69) is 0 Å². The number of rotatable bonds is 4. The van der Waals surface area contributed by atoms with Crippen molar-refractivity contribution < 1.29 is 19.2 Å². The zero-order valence-electron chi connectivity index (χ0n) is 22.8. The maximum absolute atomic E-state index is 14.4. The lowest BCUT2D eigenvalue weighted by atomic mass is 9.68. The third-order valence-electron chi connectivity index (χ3n) is 5.50. The predicted molar refractivity (Wildman–Crippen MR) is 135 cm³/mol. The molecule has 1 rings (SSSR count). The lowest BCUT2D eigenvalue weighted by molar-refractivity contribution is 0.0266. The lowest BCUT2D eigenvalue weighted by Crippen LogP contribution is -2.56. The van der Waals surface area contributed by atoms with Gasteiger partial charge in [-0.15, -0.1) is 0 Å². The Labute approximate surface area is 203 Å². The van der Waals surface area contributed by atoms with Crippen LogP contribution in [0.25, 0.3) is 0 Å². The Morgan fingerprint density at radius 2 is 0.765 bits per heavy atom. The molecule has 0 unspecified atom stereocenters. The van der Waals surface area contributed by atoms with E-state index in [4.69, 9.17) is 17.2 Å². The summed E-state index contributed by atoms with van der Waals surface area (Å²) in [4.78, 5) is 54.4. The molecule has 34 heavy (non-hydrogen) atoms. The Morgan fingerprint density at radius 3 is 1.00 bits per heavy atom. The van der Waals surface area contributed by atoms with Crippen molar-refractivity contribution in [1.82, 2.24) is 4.90 Å². The fourth-order valence-corrected chi connectivity index (χ4v) is 4.93. The van der Waals surface area contributed by atoms with Crippen molar-refractivity contribution in [2.45, 2.75) is 105 Å². The van der Waals surface area contributed by atoms with Crippen LogP contribution in [0, 0.1) is 0 Å². The van der Waals surface area contributed by atoms with E-state index in [0.717, 1.165) is 0 Å². The van der Waals surface area contributed by atoms with E-state index >= 15 is 0 Å². The molecule has 8 heteroatoms. The number of hydrogen-bond donors (Lipinski definition) is 3. The summed E-state index contributed by atoms with van der Waals surface area (Å²) in [5, 5.41) is 0. The molecule has 1 aromatic carbocycles. The van der Waals surface area contributed by atoms with Gasteiger partial charge >= 0.3 is 0 Å². The maximum Gasteiger partial charge on any atom is 0.255 e. The number of carbonyl (C=O) groups excluding carboxylic acids is 4. The molecule has 0 aliphatic rings. The van der Waals surface area contributed by atoms with Crippen molar-refractivity contribution in [3.05, 3.63) is 33.4 Å². The van der Waals surface area contributed by atoms with Crippen LogP contribution in [0.1, 0.15) is 136 Å². The van der Waals surface area contributed by atoms with E-state index in [1.165, 1.54) is 0 Å². The van der Waals surface area contributed by atoms with E-state index in [1.807, 2.05) is 83.1 Å². The zero-order chi connectivity index (χ0) is 27.4. The van der Waals surface area contributed by atoms with Gasteiger partial charge in [0.25, 0.3) is 5.91 Å². The summed E-state index contributed by atoms with van der Waals surface area (Å²) < 4.78 is 0. The molecule has 0 aliphatic carbocycles. The molecule has 0 bridgehead atoms. The number of nitrogens with two attached hydrogens (primary N) is 3. The topological polar surface area (TPSA) is 150 Å². The molecule has 0 heterocycles. The van der Waals surface area contributed by atoms with Crippen LogP contribution in [0.3, 0.4) is 0 Å². The first-order valence-electron chi connectivity index (χ1n) is 11.4. The number of primary amides is 3. The van der Waals surface area contributed by atoms with Gasteiger partial charge in [0.2, 0.25) is 17.7 Å². The summed E-state index contributed by atoms with van der Waals surface area (Å²) >= 11 is 0. The highest BCUT2D eigenvalue weighted by Gasteiger charge is 2.44. The molecule has 0 aromatic heterocycles. The van der Waals surface area contributed by atoms with Gasteiger partial charge in [-0.3, -0.25) is 19.2 Å². The van der Waals surface area contributed by atoms with Crippen LogP contribution >= 0.6 is 0 Å². The van der Waals surface area contributed by atoms with Crippen LogP contribution < -0.4 is 17.2 Å². The standard InChI is InChI=1S/C26H42N4O4/c1-23(2,3)17-15(21(29)33)13(19(27)31)14(20(28)32)16(18(17)24(4,5)6)22(34)30(25(7,8)9)26(10,11)12/h1-12H3,(H2,27,31)(H2,28,32)(H2,29,33). The quantitative estimate of drug-likeness (QED) is 0.610. The SMILES string of the molecule is CC(C)(C)c1c(C(N)=O)c(C(N)=O)c(C(N)=O)c(C(=O)N(C(C)(C)C)C(C)(C)C)c1C(C)(C)C. The third-order valence-corrected chi connectivity index (χ3v) is 5.50. The fraction of sp³-hybridized carbons (Fsp3) is 0.615. The Bertz CT molecular complexity index is 1030. The van der Waals surface area contributed by atoms with Crippen LogP contribution in [0.4, 0.5) is 0 Å². The molecule has 0 spiro atoms. The van der Waals surface area contributed by atoms with Gasteiger partial charge in [-0.25, -0.2) is 0 Å². The van der Waals surface area contributed by atoms with Crippen molar-refractivity contribution in [3.8, 4) is 0 Å². The molecule has 190 valence electrons. The largest absolute Gasteiger partial charge is 0.366 e. The van der Waals surface area contributed by atoms with Gasteiger partial charge in [-0.2, -0.15) is 0 Å². The summed E-state index contributed by atoms with van der Waals surface area (Å²) in [5.74, 6) is -3.49. The molecule has 0 atom stereocenters. The normalized spacial score (nSPS) is 12.9. The predicted octanol–water partition coefficient (Wildman–Crippen LogP) is 3.62. The summed E-state index contributed by atoms with van der Waals surface area (Å²) in [5.41, 5.74) is 14.3. The number of amides is 4. The van der Waals surface area contributed by atoms with Crippen LogP contribution in [-0.4, -0.2) is 39.6 Å². The molecule has 0 aliphatic heterocycles. The number of carbonyl (C=O) groups is 4. The molecule has 8 nitrogen and oxygen atoms in total. The smallest absolute Gasteiger partial charge is 0.255 e. The minimum absolute atomic E-state index is 0.0198. The number of nitrogens with zero attached hydrogens (tertiary/aromatic N) is 1. The van der Waals surface area contributed by atoms with Gasteiger partial charge in [0.05, 0.1) is 22.3 Å². The van der Waals surface area contributed by atoms with E-state index in [0.29, 0.717) is 11.1 Å². The van der Waals surface area contributed by atoms with Crippen molar-refractivity contribution in [1.29, 1.82) is 0 Å². The molecule has 6 N–H and O–H groups in total. The van der Waals surface area contributed by atoms with E-state index in [9.17, 15) is 19.2 Å². The average Bonchev–Trinajstić information content (AvgIpc) is 2.54. The van der Waals surface area contributed by atoms with Crippen LogP contribution in [-0.2, 0) is 10.8 Å². The van der Waals surface area contributed by atoms with Crippen molar-refractivity contribution in [3.63, 3.8) is 0 Å². The van der Waals surface area contributed by atoms with Gasteiger partial charge in [0.1, 0.15) is 0 Å². The molecule has 0 fully saturated rings. The molecular weight excluding hydrogens is 432 g/mol. The van der Waals surface area contributed by atoms with E-state index < -0.39 is 51.1 Å². The highest BCUT2D eigenvalue weighted by atomic mass is 16.2. The van der Waals surface area contributed by atoms with Gasteiger partial charge in [0, 0.05) is 11.1 Å². The van der Waals surface area contributed by atoms with Gasteiger partial charge < -0.3 is 22.1 Å².